The molecule has 4 nitrogen and oxygen atoms in total. The van der Waals surface area contributed by atoms with E-state index in [0.717, 1.165) is 74.3 Å². The summed E-state index contributed by atoms with van der Waals surface area (Å²) in [7, 11) is 0. The molecule has 5 heteroatoms. The number of fused-ring (bicyclic) bond motifs is 4. The molecule has 1 N–H and O–H groups in total. The van der Waals surface area contributed by atoms with Gasteiger partial charge in [0, 0.05) is 11.6 Å². The first kappa shape index (κ1) is 19.6. The molecule has 1 spiro atoms. The molecule has 1 saturated carbocycles. The highest BCUT2D eigenvalue weighted by Gasteiger charge is 2.57. The molecule has 0 radical (unpaired) electrons. The van der Waals surface area contributed by atoms with Crippen molar-refractivity contribution in [2.75, 3.05) is 19.6 Å². The second-order valence-corrected chi connectivity index (χ2v) is 10.5. The van der Waals surface area contributed by atoms with Gasteiger partial charge in [0.25, 0.3) is 0 Å². The van der Waals surface area contributed by atoms with E-state index in [1.54, 1.807) is 0 Å². The van der Waals surface area contributed by atoms with E-state index in [2.05, 4.69) is 29.2 Å². The summed E-state index contributed by atoms with van der Waals surface area (Å²) in [5.41, 5.74) is 4.98. The summed E-state index contributed by atoms with van der Waals surface area (Å²) in [6.45, 7) is 3.16. The molecule has 7 rings (SSSR count). The molecule has 3 heterocycles. The van der Waals surface area contributed by atoms with Crippen molar-refractivity contribution in [3.63, 3.8) is 0 Å². The van der Waals surface area contributed by atoms with Crippen molar-refractivity contribution in [2.24, 2.45) is 11.3 Å². The van der Waals surface area contributed by atoms with Gasteiger partial charge in [-0.15, -0.1) is 0 Å². The first-order valence-electron chi connectivity index (χ1n) is 11.7. The van der Waals surface area contributed by atoms with Crippen LogP contribution in [0.3, 0.4) is 0 Å². The normalized spacial score (nSPS) is 30.1. The van der Waals surface area contributed by atoms with E-state index >= 15 is 0 Å². The average Bonchev–Trinajstić information content (AvgIpc) is 3.56. The number of carbonyl (C=O) groups is 1. The highest BCUT2D eigenvalue weighted by molar-refractivity contribution is 6.30. The molecular weight excluding hydrogens is 408 g/mol. The van der Waals surface area contributed by atoms with Crippen LogP contribution < -0.4 is 0 Å². The number of hydrogen-bond acceptors (Lipinski definition) is 2. The Hall–Kier alpha value is -2.04. The summed E-state index contributed by atoms with van der Waals surface area (Å²) in [4.78, 5) is 17.1. The minimum atomic E-state index is -0.734. The summed E-state index contributed by atoms with van der Waals surface area (Å²) in [5.74, 6) is 0.507. The third-order valence-electron chi connectivity index (χ3n) is 8.44. The summed E-state index contributed by atoms with van der Waals surface area (Å²) < 4.78 is 0. The fraction of sp³-hybridized carbons (Fsp3) is 0.500. The zero-order valence-electron chi connectivity index (χ0n) is 17.8. The molecule has 31 heavy (non-hydrogen) atoms. The van der Waals surface area contributed by atoms with Gasteiger partial charge >= 0.3 is 6.09 Å². The Morgan fingerprint density at radius 2 is 1.84 bits per heavy atom. The van der Waals surface area contributed by atoms with Crippen LogP contribution in [0, 0.1) is 11.3 Å². The van der Waals surface area contributed by atoms with E-state index in [9.17, 15) is 9.90 Å². The van der Waals surface area contributed by atoms with Crippen molar-refractivity contribution in [1.29, 1.82) is 0 Å². The standard InChI is InChI=1S/C26H29ClN2O2/c27-21-3-1-2-18(15-21)19-4-5-22-20(14-19)6-9-26(10-11-26)24(22)29(25(30)31)23-16-28-12-7-17(23)8-13-28/h1-5,14-15,17,23-24H,6-13,16H2,(H,30,31)/t23-,24?/m1/s1. The molecule has 2 aromatic carbocycles. The third-order valence-corrected chi connectivity index (χ3v) is 8.67. The van der Waals surface area contributed by atoms with Crippen LogP contribution in [0.5, 0.6) is 0 Å². The zero-order valence-corrected chi connectivity index (χ0v) is 18.5. The van der Waals surface area contributed by atoms with Gasteiger partial charge in [0.1, 0.15) is 0 Å². The van der Waals surface area contributed by atoms with Gasteiger partial charge in [-0.1, -0.05) is 41.9 Å². The SMILES string of the molecule is O=C(O)N(C1c2ccc(-c3cccc(Cl)c3)cc2CCC12CC2)[C@@H]1CN2CCC1CC2. The van der Waals surface area contributed by atoms with Gasteiger partial charge in [-0.3, -0.25) is 4.90 Å². The van der Waals surface area contributed by atoms with Gasteiger partial charge in [-0.2, -0.15) is 0 Å². The number of amides is 1. The number of rotatable bonds is 3. The largest absolute Gasteiger partial charge is 0.465 e. The molecule has 4 fully saturated rings. The van der Waals surface area contributed by atoms with Crippen LogP contribution in [0.25, 0.3) is 11.1 Å². The Labute approximate surface area is 188 Å². The number of benzene rings is 2. The van der Waals surface area contributed by atoms with Crippen molar-refractivity contribution in [2.45, 2.75) is 50.6 Å². The number of hydrogen-bond donors (Lipinski definition) is 1. The van der Waals surface area contributed by atoms with Crippen LogP contribution in [-0.4, -0.2) is 46.7 Å². The molecule has 1 unspecified atom stereocenters. The highest BCUT2D eigenvalue weighted by atomic mass is 35.5. The van der Waals surface area contributed by atoms with E-state index < -0.39 is 6.09 Å². The Balaban J connectivity index is 1.41. The topological polar surface area (TPSA) is 43.8 Å². The van der Waals surface area contributed by atoms with Gasteiger partial charge < -0.3 is 10.0 Å². The number of carboxylic acid groups (broad SMARTS) is 1. The molecule has 2 aromatic rings. The fourth-order valence-corrected chi connectivity index (χ4v) is 6.80. The van der Waals surface area contributed by atoms with E-state index in [-0.39, 0.29) is 17.5 Å². The van der Waals surface area contributed by atoms with Crippen molar-refractivity contribution in [3.8, 4) is 11.1 Å². The summed E-state index contributed by atoms with van der Waals surface area (Å²) >= 11 is 6.22. The number of nitrogens with zero attached hydrogens (tertiary/aromatic N) is 2. The molecule has 2 atom stereocenters. The molecule has 3 aliphatic heterocycles. The Morgan fingerprint density at radius 1 is 1.06 bits per heavy atom. The molecule has 0 aromatic heterocycles. The first-order valence-corrected chi connectivity index (χ1v) is 12.0. The van der Waals surface area contributed by atoms with Gasteiger partial charge in [-0.25, -0.2) is 4.79 Å². The number of halogens is 1. The molecule has 5 aliphatic rings. The fourth-order valence-electron chi connectivity index (χ4n) is 6.61. The van der Waals surface area contributed by atoms with Crippen molar-refractivity contribution >= 4 is 17.7 Å². The maximum absolute atomic E-state index is 12.7. The van der Waals surface area contributed by atoms with E-state index in [0.29, 0.717) is 5.92 Å². The van der Waals surface area contributed by atoms with Crippen LogP contribution in [-0.2, 0) is 6.42 Å². The second-order valence-electron chi connectivity index (χ2n) is 10.1. The Morgan fingerprint density at radius 3 is 2.48 bits per heavy atom. The lowest BCUT2D eigenvalue weighted by Gasteiger charge is -2.52. The number of aryl methyl sites for hydroxylation is 1. The van der Waals surface area contributed by atoms with Gasteiger partial charge in [0.2, 0.25) is 0 Å². The van der Waals surface area contributed by atoms with E-state index in [4.69, 9.17) is 11.6 Å². The third kappa shape index (κ3) is 3.27. The monoisotopic (exact) mass is 436 g/mol. The van der Waals surface area contributed by atoms with E-state index in [1.807, 2.05) is 23.1 Å². The van der Waals surface area contributed by atoms with Crippen LogP contribution in [0.1, 0.15) is 49.3 Å². The second kappa shape index (κ2) is 7.25. The van der Waals surface area contributed by atoms with Crippen molar-refractivity contribution < 1.29 is 9.90 Å². The van der Waals surface area contributed by atoms with Crippen LogP contribution in [0.4, 0.5) is 4.79 Å². The first-order chi connectivity index (χ1) is 15.0. The summed E-state index contributed by atoms with van der Waals surface area (Å²) in [6.07, 6.45) is 5.96. The maximum atomic E-state index is 12.7. The predicted molar refractivity (Wildman–Crippen MR) is 122 cm³/mol. The molecule has 1 amide bonds. The van der Waals surface area contributed by atoms with Gasteiger partial charge in [0.05, 0.1) is 12.1 Å². The van der Waals surface area contributed by atoms with E-state index in [1.165, 1.54) is 11.1 Å². The van der Waals surface area contributed by atoms with Crippen LogP contribution in [0.2, 0.25) is 5.02 Å². The van der Waals surface area contributed by atoms with Crippen LogP contribution >= 0.6 is 11.6 Å². The molecule has 2 aliphatic carbocycles. The van der Waals surface area contributed by atoms with Gasteiger partial charge in [0.15, 0.2) is 0 Å². The lowest BCUT2D eigenvalue weighted by Crippen LogP contribution is -2.60. The molecule has 2 bridgehead atoms. The minimum Gasteiger partial charge on any atom is -0.465 e. The van der Waals surface area contributed by atoms with Gasteiger partial charge in [-0.05, 0) is 97.3 Å². The van der Waals surface area contributed by atoms with Crippen LogP contribution in [0.15, 0.2) is 42.5 Å². The van der Waals surface area contributed by atoms with Crippen molar-refractivity contribution in [3.05, 3.63) is 58.6 Å². The summed E-state index contributed by atoms with van der Waals surface area (Å²) in [6, 6.07) is 14.7. The molecule has 3 saturated heterocycles. The molecular formula is C26H29ClN2O2. The summed E-state index contributed by atoms with van der Waals surface area (Å²) in [5, 5.41) is 11.2. The predicted octanol–water partition coefficient (Wildman–Crippen LogP) is 5.85. The Bertz CT molecular complexity index is 1030. The zero-order chi connectivity index (χ0) is 21.2. The Kier molecular flexibility index (Phi) is 4.59. The minimum absolute atomic E-state index is 0.00675. The lowest BCUT2D eigenvalue weighted by molar-refractivity contribution is -0.0243. The average molecular weight is 437 g/mol. The highest BCUT2D eigenvalue weighted by Crippen LogP contribution is 2.63. The number of piperidine rings is 3. The quantitative estimate of drug-likeness (QED) is 0.656. The molecule has 162 valence electrons. The van der Waals surface area contributed by atoms with Crippen molar-refractivity contribution in [1.82, 2.24) is 9.80 Å². The lowest BCUT2D eigenvalue weighted by atomic mass is 9.73. The maximum Gasteiger partial charge on any atom is 0.408 e. The smallest absolute Gasteiger partial charge is 0.408 e.